The summed E-state index contributed by atoms with van der Waals surface area (Å²) in [6.45, 7) is 0. The largest absolute Gasteiger partial charge is 0.354 e. The number of hydrogen-bond acceptors (Lipinski definition) is 1. The lowest BCUT2D eigenvalue weighted by molar-refractivity contribution is 1.55. The number of aromatic nitrogens is 1. The van der Waals surface area contributed by atoms with Crippen LogP contribution in [0.2, 0.25) is 0 Å². The fraction of sp³-hybridized carbons (Fsp3) is 0. The zero-order valence-electron chi connectivity index (χ0n) is 18.3. The van der Waals surface area contributed by atoms with Gasteiger partial charge in [0.2, 0.25) is 0 Å². The van der Waals surface area contributed by atoms with Gasteiger partial charge in [0.25, 0.3) is 0 Å². The second-order valence-corrected chi connectivity index (χ2v) is 10.2. The smallest absolute Gasteiger partial charge is 0.0544 e. The summed E-state index contributed by atoms with van der Waals surface area (Å²) in [6.07, 6.45) is 0. The minimum Gasteiger partial charge on any atom is -0.354 e. The average Bonchev–Trinajstić information content (AvgIpc) is 3.44. The topological polar surface area (TPSA) is 15.8 Å². The van der Waals surface area contributed by atoms with Gasteiger partial charge in [-0.3, -0.25) is 0 Å². The van der Waals surface area contributed by atoms with Crippen LogP contribution in [0.5, 0.6) is 0 Å². The zero-order chi connectivity index (χ0) is 22.2. The van der Waals surface area contributed by atoms with Crippen molar-refractivity contribution in [2.45, 2.75) is 0 Å². The van der Waals surface area contributed by atoms with Crippen LogP contribution in [0.1, 0.15) is 0 Å². The van der Waals surface area contributed by atoms with Crippen molar-refractivity contribution in [3.8, 4) is 11.1 Å². The summed E-state index contributed by atoms with van der Waals surface area (Å²) in [5.41, 5.74) is 4.90. The molecular formula is C32H19NS. The molecule has 2 heterocycles. The standard InChI is InChI=1S/C32H19NS/c1-2-8-21-18-28-26(16-20(21)7-1)25-11-5-10-24(32(25)33-28)22-13-14-29-27(17-22)31-23-9-4-3-6-19(23)12-15-30(31)34-29/h1-18,33H. The number of benzene rings is 6. The van der Waals surface area contributed by atoms with E-state index in [0.29, 0.717) is 0 Å². The van der Waals surface area contributed by atoms with Gasteiger partial charge in [0.05, 0.1) is 5.52 Å². The molecule has 0 aliphatic carbocycles. The van der Waals surface area contributed by atoms with Crippen LogP contribution in [0.4, 0.5) is 0 Å². The SMILES string of the molecule is c1ccc2cc3c(cc2c1)[nH]c1c(-c2ccc4sc5ccc6ccccc6c5c4c2)cccc13. The summed E-state index contributed by atoms with van der Waals surface area (Å²) in [4.78, 5) is 3.75. The third kappa shape index (κ3) is 2.49. The van der Waals surface area contributed by atoms with E-state index in [1.165, 1.54) is 74.6 Å². The van der Waals surface area contributed by atoms with Gasteiger partial charge < -0.3 is 4.98 Å². The maximum Gasteiger partial charge on any atom is 0.0544 e. The Balaban J connectivity index is 1.43. The van der Waals surface area contributed by atoms with E-state index in [1.54, 1.807) is 0 Å². The van der Waals surface area contributed by atoms with Crippen molar-refractivity contribution in [1.82, 2.24) is 4.98 Å². The summed E-state index contributed by atoms with van der Waals surface area (Å²) in [6, 6.07) is 40.0. The highest BCUT2D eigenvalue weighted by molar-refractivity contribution is 7.26. The van der Waals surface area contributed by atoms with Crippen molar-refractivity contribution in [2.24, 2.45) is 0 Å². The Hall–Kier alpha value is -4.14. The lowest BCUT2D eigenvalue weighted by Gasteiger charge is -2.05. The van der Waals surface area contributed by atoms with Gasteiger partial charge in [-0.1, -0.05) is 78.9 Å². The molecule has 6 aromatic carbocycles. The van der Waals surface area contributed by atoms with Gasteiger partial charge in [-0.05, 0) is 57.4 Å². The zero-order valence-corrected chi connectivity index (χ0v) is 19.1. The Morgan fingerprint density at radius 3 is 2.18 bits per heavy atom. The van der Waals surface area contributed by atoms with Crippen molar-refractivity contribution in [2.75, 3.05) is 0 Å². The highest BCUT2D eigenvalue weighted by Gasteiger charge is 2.13. The van der Waals surface area contributed by atoms with Gasteiger partial charge >= 0.3 is 0 Å². The molecule has 0 unspecified atom stereocenters. The highest BCUT2D eigenvalue weighted by Crippen LogP contribution is 2.41. The third-order valence-electron chi connectivity index (χ3n) is 7.17. The Morgan fingerprint density at radius 2 is 1.26 bits per heavy atom. The number of aromatic amines is 1. The van der Waals surface area contributed by atoms with Crippen molar-refractivity contribution in [3.05, 3.63) is 109 Å². The second-order valence-electron chi connectivity index (χ2n) is 9.07. The van der Waals surface area contributed by atoms with Gasteiger partial charge in [-0.25, -0.2) is 0 Å². The summed E-state index contributed by atoms with van der Waals surface area (Å²) in [5, 5.41) is 10.4. The van der Waals surface area contributed by atoms with Gasteiger partial charge in [-0.2, -0.15) is 0 Å². The molecule has 0 aliphatic heterocycles. The van der Waals surface area contributed by atoms with E-state index in [1.807, 2.05) is 11.3 Å². The Kier molecular flexibility index (Phi) is 3.60. The van der Waals surface area contributed by atoms with Crippen molar-refractivity contribution < 1.29 is 0 Å². The molecule has 8 rings (SSSR count). The molecule has 0 amide bonds. The molecule has 0 saturated heterocycles. The normalized spacial score (nSPS) is 12.1. The monoisotopic (exact) mass is 449 g/mol. The molecule has 0 aliphatic rings. The van der Waals surface area contributed by atoms with Crippen LogP contribution in [0, 0.1) is 0 Å². The van der Waals surface area contributed by atoms with Gasteiger partial charge in [0.1, 0.15) is 0 Å². The van der Waals surface area contributed by atoms with E-state index in [9.17, 15) is 0 Å². The molecule has 0 spiro atoms. The maximum absolute atomic E-state index is 3.75. The van der Waals surface area contributed by atoms with Gasteiger partial charge in [-0.15, -0.1) is 11.3 Å². The molecule has 0 atom stereocenters. The Bertz CT molecular complexity index is 2070. The van der Waals surface area contributed by atoms with Crippen molar-refractivity contribution >= 4 is 74.9 Å². The van der Waals surface area contributed by atoms with Gasteiger partial charge in [0.15, 0.2) is 0 Å². The van der Waals surface area contributed by atoms with E-state index in [0.717, 1.165) is 0 Å². The number of nitrogens with one attached hydrogen (secondary N) is 1. The first-order chi connectivity index (χ1) is 16.8. The number of rotatable bonds is 1. The maximum atomic E-state index is 3.75. The quantitative estimate of drug-likeness (QED) is 0.257. The molecule has 0 bridgehead atoms. The molecular weight excluding hydrogens is 430 g/mol. The second kappa shape index (κ2) is 6.69. The number of para-hydroxylation sites is 1. The van der Waals surface area contributed by atoms with Gasteiger partial charge in [0, 0.05) is 42.0 Å². The number of hydrogen-bond donors (Lipinski definition) is 1. The first-order valence-electron chi connectivity index (χ1n) is 11.6. The predicted octanol–water partition coefficient (Wildman–Crippen LogP) is 9.66. The average molecular weight is 450 g/mol. The van der Waals surface area contributed by atoms with E-state index in [-0.39, 0.29) is 0 Å². The fourth-order valence-electron chi connectivity index (χ4n) is 5.57. The van der Waals surface area contributed by atoms with Crippen molar-refractivity contribution in [3.63, 3.8) is 0 Å². The summed E-state index contributed by atoms with van der Waals surface area (Å²) in [5.74, 6) is 0. The minimum atomic E-state index is 1.19. The first kappa shape index (κ1) is 18.3. The van der Waals surface area contributed by atoms with Crippen LogP contribution in [0.3, 0.4) is 0 Å². The molecule has 158 valence electrons. The molecule has 0 saturated carbocycles. The van der Waals surface area contributed by atoms with Crippen LogP contribution in [0.15, 0.2) is 109 Å². The molecule has 34 heavy (non-hydrogen) atoms. The first-order valence-corrected chi connectivity index (χ1v) is 12.4. The number of thiophene rings is 1. The molecule has 0 radical (unpaired) electrons. The van der Waals surface area contributed by atoms with E-state index < -0.39 is 0 Å². The summed E-state index contributed by atoms with van der Waals surface area (Å²) >= 11 is 1.88. The molecule has 0 fully saturated rings. The molecule has 1 N–H and O–H groups in total. The third-order valence-corrected chi connectivity index (χ3v) is 8.31. The Morgan fingerprint density at radius 1 is 0.500 bits per heavy atom. The van der Waals surface area contributed by atoms with Crippen LogP contribution < -0.4 is 0 Å². The lowest BCUT2D eigenvalue weighted by Crippen LogP contribution is -1.81. The number of fused-ring (bicyclic) bond motifs is 9. The van der Waals surface area contributed by atoms with Crippen LogP contribution in [-0.2, 0) is 0 Å². The van der Waals surface area contributed by atoms with E-state index >= 15 is 0 Å². The summed E-state index contributed by atoms with van der Waals surface area (Å²) < 4.78 is 2.69. The van der Waals surface area contributed by atoms with Crippen LogP contribution >= 0.6 is 11.3 Å². The predicted molar refractivity (Wildman–Crippen MR) is 149 cm³/mol. The fourth-order valence-corrected chi connectivity index (χ4v) is 6.67. The molecule has 2 heteroatoms. The minimum absolute atomic E-state index is 1.19. The van der Waals surface area contributed by atoms with Crippen LogP contribution in [-0.4, -0.2) is 4.98 Å². The Labute approximate surface area is 199 Å². The lowest BCUT2D eigenvalue weighted by atomic mass is 9.98. The summed E-state index contributed by atoms with van der Waals surface area (Å²) in [7, 11) is 0. The van der Waals surface area contributed by atoms with E-state index in [4.69, 9.17) is 0 Å². The van der Waals surface area contributed by atoms with E-state index in [2.05, 4.69) is 114 Å². The van der Waals surface area contributed by atoms with Crippen molar-refractivity contribution in [1.29, 1.82) is 0 Å². The van der Waals surface area contributed by atoms with Crippen LogP contribution in [0.25, 0.3) is 74.6 Å². The molecule has 8 aromatic rings. The molecule has 2 aromatic heterocycles. The number of H-pyrrole nitrogens is 1. The highest BCUT2D eigenvalue weighted by atomic mass is 32.1. The molecule has 1 nitrogen and oxygen atoms in total.